The molecule has 0 aliphatic heterocycles. The zero-order valence-electron chi connectivity index (χ0n) is 10.3. The molecular formula is C9H21N3O2S2. The topological polar surface area (TPSA) is 75.4 Å². The zero-order valence-corrected chi connectivity index (χ0v) is 11.9. The largest absolute Gasteiger partial charge is 0.392 e. The average Bonchev–Trinajstić information content (AvgIpc) is 2.17. The van der Waals surface area contributed by atoms with Crippen molar-refractivity contribution >= 4 is 27.4 Å². The van der Waals surface area contributed by atoms with Gasteiger partial charge in [-0.15, -0.1) is 0 Å². The van der Waals surface area contributed by atoms with Crippen LogP contribution in [-0.4, -0.2) is 36.3 Å². The maximum absolute atomic E-state index is 12.0. The summed E-state index contributed by atoms with van der Waals surface area (Å²) in [4.78, 5) is 0.158. The Hall–Kier alpha value is -0.240. The third kappa shape index (κ3) is 3.65. The molecule has 0 bridgehead atoms. The molecule has 5 nitrogen and oxygen atoms in total. The van der Waals surface area contributed by atoms with Crippen LogP contribution < -0.4 is 10.5 Å². The Bertz CT molecular complexity index is 339. The van der Waals surface area contributed by atoms with E-state index in [2.05, 4.69) is 4.72 Å². The first-order valence-electron chi connectivity index (χ1n) is 5.32. The Morgan fingerprint density at radius 3 is 2.06 bits per heavy atom. The molecule has 0 spiro atoms. The smallest absolute Gasteiger partial charge is 0.280 e. The van der Waals surface area contributed by atoms with Gasteiger partial charge in [-0.2, -0.15) is 17.4 Å². The Balaban J connectivity index is 5.02. The lowest BCUT2D eigenvalue weighted by atomic mass is 10.0. The second kappa shape index (κ2) is 5.90. The van der Waals surface area contributed by atoms with Gasteiger partial charge in [0.1, 0.15) is 0 Å². The monoisotopic (exact) mass is 267 g/mol. The summed E-state index contributed by atoms with van der Waals surface area (Å²) in [5.41, 5.74) is 4.69. The first kappa shape index (κ1) is 15.8. The van der Waals surface area contributed by atoms with E-state index in [0.717, 1.165) is 0 Å². The van der Waals surface area contributed by atoms with E-state index in [1.54, 1.807) is 20.8 Å². The fourth-order valence-corrected chi connectivity index (χ4v) is 3.10. The minimum Gasteiger partial charge on any atom is -0.392 e. The van der Waals surface area contributed by atoms with Gasteiger partial charge >= 0.3 is 0 Å². The van der Waals surface area contributed by atoms with E-state index in [0.29, 0.717) is 19.5 Å². The molecule has 0 aliphatic rings. The van der Waals surface area contributed by atoms with Crippen molar-refractivity contribution in [2.45, 2.75) is 39.7 Å². The third-order valence-electron chi connectivity index (χ3n) is 2.65. The molecule has 0 aromatic carbocycles. The number of thiocarbonyl (C=S) groups is 1. The van der Waals surface area contributed by atoms with Gasteiger partial charge in [0.15, 0.2) is 0 Å². The molecular weight excluding hydrogens is 246 g/mol. The molecule has 0 amide bonds. The van der Waals surface area contributed by atoms with Crippen LogP contribution in [-0.2, 0) is 10.2 Å². The van der Waals surface area contributed by atoms with Crippen molar-refractivity contribution in [3.05, 3.63) is 0 Å². The summed E-state index contributed by atoms with van der Waals surface area (Å²) in [5, 5.41) is 0. The number of hydrogen-bond donors (Lipinski definition) is 2. The van der Waals surface area contributed by atoms with Gasteiger partial charge in [-0.25, -0.2) is 0 Å². The Morgan fingerprint density at radius 1 is 1.38 bits per heavy atom. The summed E-state index contributed by atoms with van der Waals surface area (Å²) in [6.07, 6.45) is 0.517. The van der Waals surface area contributed by atoms with Gasteiger partial charge in [0, 0.05) is 13.1 Å². The van der Waals surface area contributed by atoms with Gasteiger partial charge < -0.3 is 5.73 Å². The molecule has 0 saturated carbocycles. The molecule has 1 unspecified atom stereocenters. The van der Waals surface area contributed by atoms with Crippen LogP contribution in [0.25, 0.3) is 0 Å². The van der Waals surface area contributed by atoms with Crippen molar-refractivity contribution < 1.29 is 8.42 Å². The van der Waals surface area contributed by atoms with Crippen molar-refractivity contribution in [1.82, 2.24) is 9.03 Å². The highest BCUT2D eigenvalue weighted by Gasteiger charge is 2.33. The van der Waals surface area contributed by atoms with Crippen LogP contribution in [0.3, 0.4) is 0 Å². The highest BCUT2D eigenvalue weighted by Crippen LogP contribution is 2.13. The lowest BCUT2D eigenvalue weighted by Crippen LogP contribution is -2.57. The molecule has 3 N–H and O–H groups in total. The SMILES string of the molecule is CCN(CC)S(=O)(=O)NC(C)(CC)C(N)=S. The number of nitrogens with two attached hydrogens (primary N) is 1. The van der Waals surface area contributed by atoms with Crippen molar-refractivity contribution in [2.75, 3.05) is 13.1 Å². The van der Waals surface area contributed by atoms with Gasteiger partial charge in [-0.1, -0.05) is 33.0 Å². The van der Waals surface area contributed by atoms with E-state index in [1.165, 1.54) is 4.31 Å². The van der Waals surface area contributed by atoms with Crippen LogP contribution in [0.5, 0.6) is 0 Å². The standard InChI is InChI=1S/C9H21N3O2S2/c1-5-9(4,8(10)15)11-16(13,14)12(6-2)7-3/h11H,5-7H2,1-4H3,(H2,10,15). The second-order valence-corrected chi connectivity index (χ2v) is 5.85. The first-order chi connectivity index (χ1) is 7.23. The molecule has 96 valence electrons. The zero-order chi connectivity index (χ0) is 13.0. The lowest BCUT2D eigenvalue weighted by Gasteiger charge is -2.31. The molecule has 0 radical (unpaired) electrons. The Kier molecular flexibility index (Phi) is 5.81. The fourth-order valence-electron chi connectivity index (χ4n) is 1.21. The summed E-state index contributed by atoms with van der Waals surface area (Å²) >= 11 is 4.89. The summed E-state index contributed by atoms with van der Waals surface area (Å²) in [7, 11) is -3.52. The van der Waals surface area contributed by atoms with Gasteiger partial charge in [0.25, 0.3) is 10.2 Å². The van der Waals surface area contributed by atoms with Gasteiger partial charge in [0.2, 0.25) is 0 Å². The van der Waals surface area contributed by atoms with Gasteiger partial charge in [-0.05, 0) is 13.3 Å². The third-order valence-corrected chi connectivity index (χ3v) is 5.01. The minimum atomic E-state index is -3.52. The van der Waals surface area contributed by atoms with Crippen LogP contribution in [0.2, 0.25) is 0 Å². The number of rotatable bonds is 7. The van der Waals surface area contributed by atoms with E-state index in [-0.39, 0.29) is 4.99 Å². The molecule has 0 rings (SSSR count). The summed E-state index contributed by atoms with van der Waals surface area (Å²) in [5.74, 6) is 0. The molecule has 16 heavy (non-hydrogen) atoms. The Labute approximate surface area is 104 Å². The minimum absolute atomic E-state index is 0.158. The number of hydrogen-bond acceptors (Lipinski definition) is 3. The van der Waals surface area contributed by atoms with Crippen LogP contribution in [0.4, 0.5) is 0 Å². The average molecular weight is 267 g/mol. The number of nitrogens with one attached hydrogen (secondary N) is 1. The highest BCUT2D eigenvalue weighted by molar-refractivity contribution is 7.87. The summed E-state index contributed by atoms with van der Waals surface area (Å²) in [6.45, 7) is 7.94. The van der Waals surface area contributed by atoms with E-state index in [1.807, 2.05) is 6.92 Å². The number of nitrogens with zero attached hydrogens (tertiary/aromatic N) is 1. The predicted octanol–water partition coefficient (Wildman–Crippen LogP) is 0.617. The van der Waals surface area contributed by atoms with Crippen LogP contribution in [0.15, 0.2) is 0 Å². The maximum Gasteiger partial charge on any atom is 0.280 e. The Morgan fingerprint density at radius 2 is 1.81 bits per heavy atom. The van der Waals surface area contributed by atoms with Crippen molar-refractivity contribution in [3.8, 4) is 0 Å². The summed E-state index contributed by atoms with van der Waals surface area (Å²) in [6, 6.07) is 0. The second-order valence-electron chi connectivity index (χ2n) is 3.74. The van der Waals surface area contributed by atoms with E-state index < -0.39 is 15.7 Å². The van der Waals surface area contributed by atoms with Crippen molar-refractivity contribution in [1.29, 1.82) is 0 Å². The lowest BCUT2D eigenvalue weighted by molar-refractivity contribution is 0.414. The normalized spacial score (nSPS) is 16.1. The molecule has 0 aliphatic carbocycles. The highest BCUT2D eigenvalue weighted by atomic mass is 32.2. The predicted molar refractivity (Wildman–Crippen MR) is 70.5 cm³/mol. The quantitative estimate of drug-likeness (QED) is 0.663. The van der Waals surface area contributed by atoms with Crippen molar-refractivity contribution in [2.24, 2.45) is 5.73 Å². The van der Waals surface area contributed by atoms with E-state index in [4.69, 9.17) is 18.0 Å². The molecule has 0 aromatic heterocycles. The fraction of sp³-hybridized carbons (Fsp3) is 0.889. The van der Waals surface area contributed by atoms with Gasteiger partial charge in [-0.3, -0.25) is 0 Å². The molecule has 0 aromatic rings. The maximum atomic E-state index is 12.0. The van der Waals surface area contributed by atoms with Crippen LogP contribution in [0, 0.1) is 0 Å². The van der Waals surface area contributed by atoms with Gasteiger partial charge in [0.05, 0.1) is 10.5 Å². The van der Waals surface area contributed by atoms with E-state index in [9.17, 15) is 8.42 Å². The summed E-state index contributed by atoms with van der Waals surface area (Å²) < 4.78 is 27.8. The molecule has 0 fully saturated rings. The van der Waals surface area contributed by atoms with Crippen LogP contribution in [0.1, 0.15) is 34.1 Å². The molecule has 0 heterocycles. The molecule has 1 atom stereocenters. The first-order valence-corrected chi connectivity index (χ1v) is 7.17. The molecule has 7 heteroatoms. The molecule has 0 saturated heterocycles. The van der Waals surface area contributed by atoms with E-state index >= 15 is 0 Å². The van der Waals surface area contributed by atoms with Crippen molar-refractivity contribution in [3.63, 3.8) is 0 Å². The van der Waals surface area contributed by atoms with Crippen LogP contribution >= 0.6 is 12.2 Å².